The van der Waals surface area contributed by atoms with E-state index in [1.165, 1.54) is 27.8 Å². The van der Waals surface area contributed by atoms with Crippen molar-refractivity contribution in [2.75, 3.05) is 45.9 Å². The van der Waals surface area contributed by atoms with Gasteiger partial charge in [0.05, 0.1) is 37.9 Å². The van der Waals surface area contributed by atoms with E-state index in [-0.39, 0.29) is 28.9 Å². The molecule has 2 aliphatic rings. The number of quaternary nitrogens is 1. The lowest BCUT2D eigenvalue weighted by Crippen LogP contribution is -3.14. The van der Waals surface area contributed by atoms with E-state index in [1.807, 2.05) is 0 Å². The Balaban J connectivity index is 1.73. The molecule has 27 heavy (non-hydrogen) atoms. The smallest absolute Gasteiger partial charge is 0.251 e. The first kappa shape index (κ1) is 20.5. The highest BCUT2D eigenvalue weighted by Crippen LogP contribution is 2.26. The van der Waals surface area contributed by atoms with Gasteiger partial charge in [-0.3, -0.25) is 4.79 Å². The molecule has 2 heterocycles. The Morgan fingerprint density at radius 1 is 1.37 bits per heavy atom. The number of benzene rings is 1. The Bertz CT molecular complexity index is 781. The van der Waals surface area contributed by atoms with Crippen LogP contribution in [0.3, 0.4) is 0 Å². The highest BCUT2D eigenvalue weighted by molar-refractivity contribution is 7.89. The third-order valence-electron chi connectivity index (χ3n) is 5.37. The van der Waals surface area contributed by atoms with Crippen LogP contribution in [-0.2, 0) is 14.8 Å². The van der Waals surface area contributed by atoms with Crippen LogP contribution >= 0.6 is 11.6 Å². The van der Waals surface area contributed by atoms with E-state index in [2.05, 4.69) is 12.2 Å². The second kappa shape index (κ2) is 8.87. The van der Waals surface area contributed by atoms with Crippen molar-refractivity contribution in [1.29, 1.82) is 0 Å². The molecule has 0 aromatic heterocycles. The summed E-state index contributed by atoms with van der Waals surface area (Å²) in [5, 5.41) is 3.07. The molecule has 0 aliphatic carbocycles. The van der Waals surface area contributed by atoms with Gasteiger partial charge in [0.1, 0.15) is 10.9 Å². The third kappa shape index (κ3) is 4.63. The number of rotatable bonds is 6. The van der Waals surface area contributed by atoms with Gasteiger partial charge in [0.2, 0.25) is 10.0 Å². The van der Waals surface area contributed by atoms with Crippen LogP contribution < -0.4 is 10.2 Å². The lowest BCUT2D eigenvalue weighted by molar-refractivity contribution is -0.909. The number of ether oxygens (including phenoxy) is 1. The molecule has 1 aromatic carbocycles. The molecule has 9 heteroatoms. The highest BCUT2D eigenvalue weighted by Gasteiger charge is 2.30. The number of likely N-dealkylation sites (tertiary alicyclic amines) is 1. The molecule has 2 aliphatic heterocycles. The van der Waals surface area contributed by atoms with Crippen LogP contribution in [0.15, 0.2) is 23.1 Å². The number of likely N-dealkylation sites (N-methyl/N-ethyl adjacent to an activating group) is 1. The molecule has 150 valence electrons. The van der Waals surface area contributed by atoms with Crippen LogP contribution in [0.25, 0.3) is 0 Å². The van der Waals surface area contributed by atoms with Gasteiger partial charge in [-0.15, -0.1) is 0 Å². The normalized spacial score (nSPS) is 24.1. The molecule has 1 unspecified atom stereocenters. The van der Waals surface area contributed by atoms with Gasteiger partial charge in [-0.2, -0.15) is 4.31 Å². The van der Waals surface area contributed by atoms with Crippen molar-refractivity contribution in [1.82, 2.24) is 9.62 Å². The quantitative estimate of drug-likeness (QED) is 0.692. The van der Waals surface area contributed by atoms with Crippen molar-refractivity contribution in [3.8, 4) is 0 Å². The zero-order chi connectivity index (χ0) is 19.4. The molecule has 2 atom stereocenters. The molecule has 2 saturated heterocycles. The van der Waals surface area contributed by atoms with Crippen LogP contribution in [0.2, 0.25) is 5.02 Å². The van der Waals surface area contributed by atoms with Crippen molar-refractivity contribution in [2.45, 2.75) is 30.7 Å². The molecular weight excluding hydrogens is 390 g/mol. The Kier molecular flexibility index (Phi) is 6.75. The van der Waals surface area contributed by atoms with E-state index in [1.54, 1.807) is 6.07 Å². The first-order valence-corrected chi connectivity index (χ1v) is 11.3. The summed E-state index contributed by atoms with van der Waals surface area (Å²) in [5.41, 5.74) is 0.308. The van der Waals surface area contributed by atoms with Gasteiger partial charge in [0.15, 0.2) is 0 Å². The van der Waals surface area contributed by atoms with Gasteiger partial charge in [-0.05, 0) is 25.1 Å². The van der Waals surface area contributed by atoms with Crippen molar-refractivity contribution in [3.63, 3.8) is 0 Å². The average molecular weight is 417 g/mol. The molecule has 0 spiro atoms. The van der Waals surface area contributed by atoms with Gasteiger partial charge < -0.3 is 15.0 Å². The Morgan fingerprint density at radius 3 is 2.81 bits per heavy atom. The molecule has 3 rings (SSSR count). The monoisotopic (exact) mass is 416 g/mol. The molecule has 2 fully saturated rings. The minimum Gasteiger partial charge on any atom is -0.379 e. The van der Waals surface area contributed by atoms with Gasteiger partial charge in [0.25, 0.3) is 5.91 Å². The van der Waals surface area contributed by atoms with Crippen molar-refractivity contribution in [3.05, 3.63) is 28.8 Å². The maximum absolute atomic E-state index is 12.9. The van der Waals surface area contributed by atoms with Gasteiger partial charge in [0, 0.05) is 31.5 Å². The van der Waals surface area contributed by atoms with Crippen LogP contribution in [0.4, 0.5) is 0 Å². The molecule has 0 saturated carbocycles. The summed E-state index contributed by atoms with van der Waals surface area (Å²) in [6.45, 7) is 6.21. The Labute approximate surface area is 165 Å². The predicted octanol–water partition coefficient (Wildman–Crippen LogP) is 0.158. The third-order valence-corrected chi connectivity index (χ3v) is 7.75. The number of sulfonamides is 1. The summed E-state index contributed by atoms with van der Waals surface area (Å²) in [6, 6.07) is 4.84. The second-order valence-electron chi connectivity index (χ2n) is 6.97. The minimum absolute atomic E-state index is 0.0274. The lowest BCUT2D eigenvalue weighted by Gasteiger charge is -2.26. The first-order chi connectivity index (χ1) is 12.9. The standard InChI is InChI=1S/C18H26ClN3O4S/c1-2-21-7-3-4-15(21)13-20-18(23)14-5-6-16(19)17(12-14)27(24,25)22-8-10-26-11-9-22/h5-6,12,15H,2-4,7-11,13H2,1H3,(H,20,23)/p+1/t15-/m1/s1. The number of morpholine rings is 1. The van der Waals surface area contributed by atoms with E-state index in [4.69, 9.17) is 16.3 Å². The maximum Gasteiger partial charge on any atom is 0.251 e. The van der Waals surface area contributed by atoms with Gasteiger partial charge in [-0.25, -0.2) is 8.42 Å². The van der Waals surface area contributed by atoms with Gasteiger partial charge >= 0.3 is 0 Å². The van der Waals surface area contributed by atoms with Crippen molar-refractivity contribution < 1.29 is 22.8 Å². The predicted molar refractivity (Wildman–Crippen MR) is 103 cm³/mol. The largest absolute Gasteiger partial charge is 0.379 e. The minimum atomic E-state index is -3.75. The SMILES string of the molecule is CC[NH+]1CCC[C@@H]1CNC(=O)c1ccc(Cl)c(S(=O)(=O)N2CCOCC2)c1. The number of hydrogen-bond donors (Lipinski definition) is 2. The topological polar surface area (TPSA) is 80.2 Å². The number of carbonyl (C=O) groups is 1. The fourth-order valence-corrected chi connectivity index (χ4v) is 5.69. The summed E-state index contributed by atoms with van der Waals surface area (Å²) >= 11 is 6.15. The van der Waals surface area contributed by atoms with E-state index in [9.17, 15) is 13.2 Å². The van der Waals surface area contributed by atoms with Crippen molar-refractivity contribution >= 4 is 27.5 Å². The molecule has 0 radical (unpaired) electrons. The van der Waals surface area contributed by atoms with Crippen LogP contribution in [-0.4, -0.2) is 70.6 Å². The number of nitrogens with one attached hydrogen (secondary N) is 2. The first-order valence-electron chi connectivity index (χ1n) is 9.43. The highest BCUT2D eigenvalue weighted by atomic mass is 35.5. The zero-order valence-electron chi connectivity index (χ0n) is 15.5. The van der Waals surface area contributed by atoms with E-state index < -0.39 is 10.0 Å². The lowest BCUT2D eigenvalue weighted by atomic mass is 10.2. The number of halogens is 1. The molecule has 1 amide bonds. The zero-order valence-corrected chi connectivity index (χ0v) is 17.1. The molecule has 1 aromatic rings. The average Bonchev–Trinajstić information content (AvgIpc) is 3.14. The summed E-state index contributed by atoms with van der Waals surface area (Å²) in [5.74, 6) is -0.271. The number of hydrogen-bond acceptors (Lipinski definition) is 4. The van der Waals surface area contributed by atoms with Crippen molar-refractivity contribution in [2.24, 2.45) is 0 Å². The Hall–Kier alpha value is -1.19. The molecular formula is C18H27ClN3O4S+. The van der Waals surface area contributed by atoms with Crippen LogP contribution in [0.5, 0.6) is 0 Å². The molecule has 0 bridgehead atoms. The fourth-order valence-electron chi connectivity index (χ4n) is 3.78. The number of carbonyl (C=O) groups excluding carboxylic acids is 1. The Morgan fingerprint density at radius 2 is 2.11 bits per heavy atom. The van der Waals surface area contributed by atoms with E-state index in [0.717, 1.165) is 19.5 Å². The summed E-state index contributed by atoms with van der Waals surface area (Å²) in [6.07, 6.45) is 2.27. The molecule has 2 N–H and O–H groups in total. The van der Waals surface area contributed by atoms with E-state index >= 15 is 0 Å². The van der Waals surface area contributed by atoms with Crippen LogP contribution in [0.1, 0.15) is 30.1 Å². The van der Waals surface area contributed by atoms with Crippen LogP contribution in [0, 0.1) is 0 Å². The summed E-state index contributed by atoms with van der Waals surface area (Å²) < 4.78 is 32.3. The maximum atomic E-state index is 12.9. The second-order valence-corrected chi connectivity index (χ2v) is 9.29. The van der Waals surface area contributed by atoms with Gasteiger partial charge in [-0.1, -0.05) is 11.6 Å². The number of amides is 1. The number of nitrogens with zero attached hydrogens (tertiary/aromatic N) is 1. The van der Waals surface area contributed by atoms with E-state index in [0.29, 0.717) is 31.4 Å². The fraction of sp³-hybridized carbons (Fsp3) is 0.611. The summed E-state index contributed by atoms with van der Waals surface area (Å²) in [7, 11) is -3.75. The molecule has 7 nitrogen and oxygen atoms in total. The summed E-state index contributed by atoms with van der Waals surface area (Å²) in [4.78, 5) is 14.0.